The summed E-state index contributed by atoms with van der Waals surface area (Å²) < 4.78 is 6.70. The van der Waals surface area contributed by atoms with Gasteiger partial charge >= 0.3 is 0 Å². The molecule has 194 valence electrons. The van der Waals surface area contributed by atoms with Gasteiger partial charge in [0, 0.05) is 40.0 Å². The third kappa shape index (κ3) is 5.60. The van der Waals surface area contributed by atoms with Gasteiger partial charge in [-0.25, -0.2) is 9.99 Å². The predicted molar refractivity (Wildman–Crippen MR) is 158 cm³/mol. The van der Waals surface area contributed by atoms with Crippen LogP contribution in [0.3, 0.4) is 0 Å². The van der Waals surface area contributed by atoms with Crippen molar-refractivity contribution in [2.75, 3.05) is 68.9 Å². The van der Waals surface area contributed by atoms with Crippen molar-refractivity contribution in [3.63, 3.8) is 0 Å². The van der Waals surface area contributed by atoms with Crippen molar-refractivity contribution in [3.8, 4) is 5.75 Å². The van der Waals surface area contributed by atoms with Gasteiger partial charge in [0.25, 0.3) is 0 Å². The van der Waals surface area contributed by atoms with Gasteiger partial charge in [-0.1, -0.05) is 18.2 Å². The molecule has 0 bridgehead atoms. The highest BCUT2D eigenvalue weighted by molar-refractivity contribution is 7.17. The summed E-state index contributed by atoms with van der Waals surface area (Å²) in [6, 6.07) is 14.1. The Balaban J connectivity index is 1.75. The average molecular weight is 519 g/mol. The number of fused-ring (bicyclic) bond motifs is 1. The van der Waals surface area contributed by atoms with Crippen LogP contribution >= 0.6 is 11.3 Å². The van der Waals surface area contributed by atoms with Gasteiger partial charge in [-0.15, -0.1) is 11.3 Å². The maximum Gasteiger partial charge on any atom is 0.230 e. The quantitative estimate of drug-likeness (QED) is 0.198. The lowest BCUT2D eigenvalue weighted by atomic mass is 10.2. The topological polar surface area (TPSA) is 81.2 Å². The van der Waals surface area contributed by atoms with E-state index >= 15 is 0 Å². The van der Waals surface area contributed by atoms with Crippen LogP contribution in [-0.4, -0.2) is 70.0 Å². The average Bonchev–Trinajstić information content (AvgIpc) is 3.37. The second-order valence-electron chi connectivity index (χ2n) is 8.91. The molecule has 9 nitrogen and oxygen atoms in total. The van der Waals surface area contributed by atoms with Crippen LogP contribution in [0, 0.1) is 6.92 Å². The molecule has 0 atom stereocenters. The molecule has 2 aromatic carbocycles. The van der Waals surface area contributed by atoms with Gasteiger partial charge < -0.3 is 25.2 Å². The second kappa shape index (κ2) is 11.4. The highest BCUT2D eigenvalue weighted by Gasteiger charge is 2.20. The molecule has 0 amide bonds. The van der Waals surface area contributed by atoms with E-state index in [0.29, 0.717) is 17.5 Å². The third-order valence-electron chi connectivity index (χ3n) is 6.10. The number of anilines is 6. The summed E-state index contributed by atoms with van der Waals surface area (Å²) in [6.07, 6.45) is 0. The molecule has 0 saturated heterocycles. The largest absolute Gasteiger partial charge is 0.494 e. The Kier molecular flexibility index (Phi) is 8.10. The summed E-state index contributed by atoms with van der Waals surface area (Å²) in [4.78, 5) is 14.0. The summed E-state index contributed by atoms with van der Waals surface area (Å²) in [5.41, 5.74) is 5.58. The Morgan fingerprint density at radius 3 is 2.49 bits per heavy atom. The van der Waals surface area contributed by atoms with Gasteiger partial charge in [-0.05, 0) is 50.2 Å². The fraction of sp³-hybridized carbons (Fsp3) is 0.296. The first-order valence-corrected chi connectivity index (χ1v) is 12.8. The molecule has 4 aromatic rings. The minimum absolute atomic E-state index is 0.442. The van der Waals surface area contributed by atoms with E-state index in [2.05, 4.69) is 53.4 Å². The van der Waals surface area contributed by atoms with E-state index in [1.807, 2.05) is 61.8 Å². The monoisotopic (exact) mass is 518 g/mol. The number of aromatic nitrogens is 2. The van der Waals surface area contributed by atoms with E-state index in [1.165, 1.54) is 0 Å². The van der Waals surface area contributed by atoms with E-state index in [-0.39, 0.29) is 0 Å². The Morgan fingerprint density at radius 2 is 1.81 bits per heavy atom. The highest BCUT2D eigenvalue weighted by atomic mass is 32.1. The first kappa shape index (κ1) is 26.2. The normalized spacial score (nSPS) is 11.0. The van der Waals surface area contributed by atoms with E-state index in [9.17, 15) is 0 Å². The number of para-hydroxylation sites is 1. The van der Waals surface area contributed by atoms with Crippen molar-refractivity contribution >= 4 is 62.8 Å². The number of hydrogen-bond donors (Lipinski definition) is 2. The summed E-state index contributed by atoms with van der Waals surface area (Å²) in [5.74, 6) is 1.80. The molecule has 0 unspecified atom stereocenters. The first-order valence-electron chi connectivity index (χ1n) is 12.0. The number of thiophene rings is 1. The van der Waals surface area contributed by atoms with Gasteiger partial charge in [0.1, 0.15) is 5.75 Å². The maximum atomic E-state index is 5.77. The number of ether oxygens (including phenoxy) is 1. The van der Waals surface area contributed by atoms with Crippen molar-refractivity contribution in [1.82, 2.24) is 14.9 Å². The molecule has 0 saturated carbocycles. The number of hydrazone groups is 1. The second-order valence-corrected chi connectivity index (χ2v) is 9.83. The number of likely N-dealkylation sites (N-methyl/N-ethyl adjacent to an activating group) is 2. The standard InChI is InChI=1S/C27H34N8OS/c1-18-10-8-9-11-22(18)35(29-3)26-25-19(12-15-37-25)30-27(32-26)31-21-16-20(28-2)23(17-24(21)36-7)34(6)14-13-33(4)5/h8-12,15-17,28H,3,13-14H2,1-2,4-7H3,(H,30,31,32). The molecule has 0 spiro atoms. The Hall–Kier alpha value is -3.89. The van der Waals surface area contributed by atoms with E-state index in [1.54, 1.807) is 23.5 Å². The number of methoxy groups -OCH3 is 1. The van der Waals surface area contributed by atoms with Crippen molar-refractivity contribution in [2.45, 2.75) is 6.92 Å². The zero-order chi connectivity index (χ0) is 26.5. The lowest BCUT2D eigenvalue weighted by Gasteiger charge is -2.26. The Bertz CT molecular complexity index is 1390. The molecular weight excluding hydrogens is 484 g/mol. The fourth-order valence-corrected chi connectivity index (χ4v) is 4.85. The molecule has 0 aliphatic carbocycles. The summed E-state index contributed by atoms with van der Waals surface area (Å²) in [6.45, 7) is 7.68. The van der Waals surface area contributed by atoms with Crippen LogP contribution in [0.1, 0.15) is 5.56 Å². The molecule has 0 fully saturated rings. The van der Waals surface area contributed by atoms with E-state index in [0.717, 1.165) is 51.6 Å². The van der Waals surface area contributed by atoms with Crippen LogP contribution in [-0.2, 0) is 0 Å². The number of rotatable bonds is 11. The zero-order valence-corrected chi connectivity index (χ0v) is 23.1. The van der Waals surface area contributed by atoms with Crippen molar-refractivity contribution in [1.29, 1.82) is 0 Å². The molecule has 4 rings (SSSR count). The molecule has 2 aromatic heterocycles. The van der Waals surface area contributed by atoms with Crippen LogP contribution in [0.4, 0.5) is 34.5 Å². The first-order chi connectivity index (χ1) is 17.9. The van der Waals surface area contributed by atoms with Crippen molar-refractivity contribution in [3.05, 3.63) is 53.4 Å². The van der Waals surface area contributed by atoms with Crippen molar-refractivity contribution in [2.24, 2.45) is 5.10 Å². The molecule has 2 heterocycles. The van der Waals surface area contributed by atoms with Gasteiger partial charge in [-0.2, -0.15) is 10.1 Å². The number of benzene rings is 2. The summed E-state index contributed by atoms with van der Waals surface area (Å²) >= 11 is 1.57. The third-order valence-corrected chi connectivity index (χ3v) is 7.00. The lowest BCUT2D eigenvalue weighted by Crippen LogP contribution is -2.29. The van der Waals surface area contributed by atoms with E-state index in [4.69, 9.17) is 14.7 Å². The molecule has 0 aliphatic rings. The van der Waals surface area contributed by atoms with Gasteiger partial charge in [-0.3, -0.25) is 0 Å². The molecule has 0 radical (unpaired) electrons. The van der Waals surface area contributed by atoms with Crippen molar-refractivity contribution < 1.29 is 4.74 Å². The molecule has 10 heteroatoms. The fourth-order valence-electron chi connectivity index (χ4n) is 4.05. The van der Waals surface area contributed by atoms with Crippen LogP contribution in [0.5, 0.6) is 5.75 Å². The SMILES string of the molecule is C=NN(c1ccccc1C)c1nc(Nc2cc(NC)c(N(C)CCN(C)C)cc2OC)nc2ccsc12. The Labute approximate surface area is 222 Å². The highest BCUT2D eigenvalue weighted by Crippen LogP contribution is 2.39. The smallest absolute Gasteiger partial charge is 0.230 e. The molecular formula is C27H34N8OS. The van der Waals surface area contributed by atoms with E-state index < -0.39 is 0 Å². The van der Waals surface area contributed by atoms with Gasteiger partial charge in [0.15, 0.2) is 5.82 Å². The van der Waals surface area contributed by atoms with Crippen LogP contribution in [0.15, 0.2) is 52.9 Å². The minimum atomic E-state index is 0.442. The Morgan fingerprint density at radius 1 is 1.03 bits per heavy atom. The van der Waals surface area contributed by atoms with Crippen LogP contribution < -0.4 is 25.3 Å². The molecule has 37 heavy (non-hydrogen) atoms. The summed E-state index contributed by atoms with van der Waals surface area (Å²) in [7, 11) is 9.80. The van der Waals surface area contributed by atoms with Crippen LogP contribution in [0.2, 0.25) is 0 Å². The number of hydrogen-bond acceptors (Lipinski definition) is 10. The predicted octanol–water partition coefficient (Wildman–Crippen LogP) is 5.55. The number of nitrogens with zero attached hydrogens (tertiary/aromatic N) is 6. The number of aryl methyl sites for hydroxylation is 1. The summed E-state index contributed by atoms with van der Waals surface area (Å²) in [5, 5.41) is 14.8. The molecule has 2 N–H and O–H groups in total. The minimum Gasteiger partial charge on any atom is -0.494 e. The lowest BCUT2D eigenvalue weighted by molar-refractivity contribution is 0.413. The number of nitrogens with one attached hydrogen (secondary N) is 2. The van der Waals surface area contributed by atoms with Crippen LogP contribution in [0.25, 0.3) is 10.2 Å². The molecule has 0 aliphatic heterocycles. The van der Waals surface area contributed by atoms with Gasteiger partial charge in [0.05, 0.1) is 40.1 Å². The zero-order valence-electron chi connectivity index (χ0n) is 22.2. The van der Waals surface area contributed by atoms with Gasteiger partial charge in [0.2, 0.25) is 5.95 Å². The maximum absolute atomic E-state index is 5.77.